The summed E-state index contributed by atoms with van der Waals surface area (Å²) in [6.45, 7) is 11.5. The Balaban J connectivity index is 0.00000166. The van der Waals surface area contributed by atoms with E-state index in [0.717, 1.165) is 52.0 Å². The van der Waals surface area contributed by atoms with E-state index in [9.17, 15) is 0 Å². The van der Waals surface area contributed by atoms with E-state index in [2.05, 4.69) is 63.5 Å². The molecule has 0 aliphatic rings. The van der Waals surface area contributed by atoms with E-state index in [4.69, 9.17) is 4.74 Å². The fourth-order valence-electron chi connectivity index (χ4n) is 3.27. The zero-order valence-electron chi connectivity index (χ0n) is 19.3. The first-order chi connectivity index (χ1) is 15.2. The summed E-state index contributed by atoms with van der Waals surface area (Å²) in [5.74, 6) is 0. The van der Waals surface area contributed by atoms with Crippen LogP contribution in [0.4, 0.5) is 0 Å². The highest BCUT2D eigenvalue weighted by atomic mass is 16.5. The lowest BCUT2D eigenvalue weighted by Crippen LogP contribution is -2.16. The second-order valence-electron chi connectivity index (χ2n) is 6.84. The minimum absolute atomic E-state index is 0.646. The monoisotopic (exact) mass is 418 g/mol. The SMILES string of the molecule is C=C(NCCOC)c1ccc2n[nH]c(Cc3ccc(/C(C=NC)=C/C)cc3)c2c1.CC. The van der Waals surface area contributed by atoms with Gasteiger partial charge in [-0.25, -0.2) is 0 Å². The zero-order chi connectivity index (χ0) is 22.6. The van der Waals surface area contributed by atoms with Crippen LogP contribution in [-0.2, 0) is 11.2 Å². The summed E-state index contributed by atoms with van der Waals surface area (Å²) in [5.41, 5.74) is 7.51. The van der Waals surface area contributed by atoms with Gasteiger partial charge in [0.25, 0.3) is 0 Å². The Morgan fingerprint density at radius 3 is 2.52 bits per heavy atom. The molecule has 0 saturated heterocycles. The van der Waals surface area contributed by atoms with Gasteiger partial charge in [-0.3, -0.25) is 10.1 Å². The number of aliphatic imine (C=N–C) groups is 1. The van der Waals surface area contributed by atoms with E-state index in [1.807, 2.05) is 39.1 Å². The van der Waals surface area contributed by atoms with Crippen molar-refractivity contribution in [3.05, 3.63) is 77.5 Å². The van der Waals surface area contributed by atoms with E-state index in [0.29, 0.717) is 6.61 Å². The number of hydrogen-bond acceptors (Lipinski definition) is 4. The van der Waals surface area contributed by atoms with Crippen LogP contribution in [0.3, 0.4) is 0 Å². The maximum atomic E-state index is 5.09. The summed E-state index contributed by atoms with van der Waals surface area (Å²) in [7, 11) is 3.48. The quantitative estimate of drug-likeness (QED) is 0.357. The first-order valence-electron chi connectivity index (χ1n) is 10.7. The third-order valence-corrected chi connectivity index (χ3v) is 4.87. The summed E-state index contributed by atoms with van der Waals surface area (Å²) in [6.07, 6.45) is 4.74. The van der Waals surface area contributed by atoms with Gasteiger partial charge >= 0.3 is 0 Å². The molecule has 2 N–H and O–H groups in total. The topological polar surface area (TPSA) is 62.3 Å². The van der Waals surface area contributed by atoms with Gasteiger partial charge in [-0.15, -0.1) is 0 Å². The fourth-order valence-corrected chi connectivity index (χ4v) is 3.27. The van der Waals surface area contributed by atoms with Gasteiger partial charge in [0.2, 0.25) is 0 Å². The molecule has 0 unspecified atom stereocenters. The highest BCUT2D eigenvalue weighted by Gasteiger charge is 2.09. The number of aromatic nitrogens is 2. The lowest BCUT2D eigenvalue weighted by atomic mass is 10.0. The molecule has 164 valence electrons. The van der Waals surface area contributed by atoms with Crippen LogP contribution in [-0.4, -0.2) is 43.7 Å². The molecule has 0 amide bonds. The van der Waals surface area contributed by atoms with Crippen LogP contribution < -0.4 is 5.32 Å². The Kier molecular flexibility index (Phi) is 9.72. The number of H-pyrrole nitrogens is 1. The molecule has 0 radical (unpaired) electrons. The van der Waals surface area contributed by atoms with Crippen molar-refractivity contribution in [2.75, 3.05) is 27.3 Å². The average Bonchev–Trinajstić information content (AvgIpc) is 3.21. The number of aromatic amines is 1. The lowest BCUT2D eigenvalue weighted by Gasteiger charge is -2.09. The van der Waals surface area contributed by atoms with E-state index < -0.39 is 0 Å². The molecule has 0 saturated carbocycles. The van der Waals surface area contributed by atoms with Gasteiger partial charge in [-0.05, 0) is 41.3 Å². The molecule has 0 bridgehead atoms. The van der Waals surface area contributed by atoms with Crippen molar-refractivity contribution in [1.82, 2.24) is 15.5 Å². The Morgan fingerprint density at radius 2 is 1.87 bits per heavy atom. The number of hydrogen-bond donors (Lipinski definition) is 2. The van der Waals surface area contributed by atoms with Crippen LogP contribution in [0.25, 0.3) is 22.2 Å². The number of ether oxygens (including phenoxy) is 1. The van der Waals surface area contributed by atoms with Crippen LogP contribution in [0.2, 0.25) is 0 Å². The molecule has 2 aromatic carbocycles. The minimum Gasteiger partial charge on any atom is -0.383 e. The molecule has 0 aliphatic carbocycles. The van der Waals surface area contributed by atoms with Gasteiger partial charge in [0, 0.05) is 50.1 Å². The van der Waals surface area contributed by atoms with Crippen molar-refractivity contribution in [3.8, 4) is 0 Å². The molecule has 1 aromatic heterocycles. The maximum absolute atomic E-state index is 5.09. The molecule has 0 aliphatic heterocycles. The van der Waals surface area contributed by atoms with E-state index in [1.54, 1.807) is 14.2 Å². The summed E-state index contributed by atoms with van der Waals surface area (Å²) < 4.78 is 5.09. The van der Waals surface area contributed by atoms with Gasteiger partial charge in [0.15, 0.2) is 0 Å². The smallest absolute Gasteiger partial charge is 0.0924 e. The Hall–Kier alpha value is -3.18. The first-order valence-corrected chi connectivity index (χ1v) is 10.7. The number of nitrogens with zero attached hydrogens (tertiary/aromatic N) is 2. The van der Waals surface area contributed by atoms with E-state index in [1.165, 1.54) is 5.56 Å². The van der Waals surface area contributed by atoms with Crippen LogP contribution in [0.1, 0.15) is 43.2 Å². The average molecular weight is 419 g/mol. The van der Waals surface area contributed by atoms with Gasteiger partial charge in [-0.2, -0.15) is 5.10 Å². The molecule has 5 nitrogen and oxygen atoms in total. The number of fused-ring (bicyclic) bond motifs is 1. The maximum Gasteiger partial charge on any atom is 0.0924 e. The van der Waals surface area contributed by atoms with Crippen LogP contribution >= 0.6 is 0 Å². The number of nitrogens with one attached hydrogen (secondary N) is 2. The Bertz CT molecular complexity index is 1030. The lowest BCUT2D eigenvalue weighted by molar-refractivity contribution is 0.203. The van der Waals surface area contributed by atoms with Crippen LogP contribution in [0.5, 0.6) is 0 Å². The number of allylic oxidation sites excluding steroid dienone is 2. The van der Waals surface area contributed by atoms with Crippen molar-refractivity contribution in [3.63, 3.8) is 0 Å². The molecule has 0 spiro atoms. The number of benzene rings is 2. The molecule has 1 heterocycles. The fraction of sp³-hybridized carbons (Fsp3) is 0.308. The molecule has 31 heavy (non-hydrogen) atoms. The Labute approximate surface area is 185 Å². The molecule has 0 atom stereocenters. The summed E-state index contributed by atoms with van der Waals surface area (Å²) in [6, 6.07) is 14.8. The van der Waals surface area contributed by atoms with Crippen molar-refractivity contribution in [2.24, 2.45) is 4.99 Å². The van der Waals surface area contributed by atoms with Gasteiger partial charge < -0.3 is 10.1 Å². The normalized spacial score (nSPS) is 11.5. The standard InChI is InChI=1S/C24H28N4O.C2H6/c1-5-19(16-25-3)20-8-6-18(7-9-20)14-24-22-15-21(10-11-23(22)27-28-24)17(2)26-12-13-29-4;1-2/h5-11,15-16,26H,2,12-14H2,1,3-4H3,(H,27,28);1-2H3/b19-5+,25-16?;. The van der Waals surface area contributed by atoms with Gasteiger partial charge in [0.05, 0.1) is 12.1 Å². The molecular formula is C26H34N4O. The highest BCUT2D eigenvalue weighted by molar-refractivity contribution is 6.09. The minimum atomic E-state index is 0.646. The van der Waals surface area contributed by atoms with E-state index >= 15 is 0 Å². The van der Waals surface area contributed by atoms with Crippen LogP contribution in [0.15, 0.2) is 60.1 Å². The second-order valence-corrected chi connectivity index (χ2v) is 6.84. The molecular weight excluding hydrogens is 384 g/mol. The van der Waals surface area contributed by atoms with E-state index in [-0.39, 0.29) is 0 Å². The molecule has 0 fully saturated rings. The van der Waals surface area contributed by atoms with Crippen molar-refractivity contribution in [2.45, 2.75) is 27.2 Å². The summed E-state index contributed by atoms with van der Waals surface area (Å²) in [4.78, 5) is 4.12. The summed E-state index contributed by atoms with van der Waals surface area (Å²) in [5, 5.41) is 12.1. The predicted octanol–water partition coefficient (Wildman–Crippen LogP) is 5.49. The van der Waals surface area contributed by atoms with Gasteiger partial charge in [0.1, 0.15) is 0 Å². The van der Waals surface area contributed by atoms with Crippen molar-refractivity contribution in [1.29, 1.82) is 0 Å². The van der Waals surface area contributed by atoms with Crippen LogP contribution in [0, 0.1) is 0 Å². The second kappa shape index (κ2) is 12.5. The molecule has 5 heteroatoms. The Morgan fingerprint density at radius 1 is 1.16 bits per heavy atom. The highest BCUT2D eigenvalue weighted by Crippen LogP contribution is 2.23. The zero-order valence-corrected chi connectivity index (χ0v) is 19.3. The van der Waals surface area contributed by atoms with Crippen molar-refractivity contribution >= 4 is 28.4 Å². The molecule has 3 rings (SSSR count). The third-order valence-electron chi connectivity index (χ3n) is 4.87. The third kappa shape index (κ3) is 6.40. The first kappa shape index (κ1) is 24.1. The predicted molar refractivity (Wildman–Crippen MR) is 134 cm³/mol. The number of rotatable bonds is 9. The number of methoxy groups -OCH3 is 1. The van der Waals surface area contributed by atoms with Crippen molar-refractivity contribution < 1.29 is 4.74 Å². The molecule has 3 aromatic rings. The largest absolute Gasteiger partial charge is 0.383 e. The van der Waals surface area contributed by atoms with Gasteiger partial charge in [-0.1, -0.05) is 56.8 Å². The summed E-state index contributed by atoms with van der Waals surface area (Å²) >= 11 is 0.